The number of nitrogens with zero attached hydrogens (tertiary/aromatic N) is 2. The minimum absolute atomic E-state index is 0.672. The third-order valence-electron chi connectivity index (χ3n) is 3.03. The molecule has 0 saturated carbocycles. The van der Waals surface area contributed by atoms with Gasteiger partial charge in [-0.15, -0.1) is 0 Å². The Hall–Kier alpha value is -1.32. The summed E-state index contributed by atoms with van der Waals surface area (Å²) in [7, 11) is 0. The van der Waals surface area contributed by atoms with Crippen LogP contribution >= 0.6 is 11.6 Å². The highest BCUT2D eigenvalue weighted by molar-refractivity contribution is 6.30. The summed E-state index contributed by atoms with van der Waals surface area (Å²) in [5, 5.41) is 5.21. The van der Waals surface area contributed by atoms with Crippen molar-refractivity contribution in [2.24, 2.45) is 5.73 Å². The number of nitrogens with two attached hydrogens (primary N) is 1. The lowest BCUT2D eigenvalue weighted by Crippen LogP contribution is -2.01. The van der Waals surface area contributed by atoms with Gasteiger partial charge in [-0.05, 0) is 45.4 Å². The molecule has 1 heterocycles. The van der Waals surface area contributed by atoms with Crippen molar-refractivity contribution in [3.63, 3.8) is 0 Å². The van der Waals surface area contributed by atoms with Gasteiger partial charge in [-0.2, -0.15) is 5.10 Å². The van der Waals surface area contributed by atoms with E-state index in [2.05, 4.69) is 24.2 Å². The van der Waals surface area contributed by atoms with Crippen molar-refractivity contribution in [1.29, 1.82) is 0 Å². The van der Waals surface area contributed by atoms with E-state index in [9.17, 15) is 0 Å². The van der Waals surface area contributed by atoms with E-state index in [-0.39, 0.29) is 0 Å². The van der Waals surface area contributed by atoms with E-state index in [0.29, 0.717) is 11.7 Å². The monoisotopic (exact) mass is 263 g/mol. The zero-order valence-electron chi connectivity index (χ0n) is 10.8. The molecular weight excluding hydrogens is 246 g/mol. The Morgan fingerprint density at radius 1 is 1.22 bits per heavy atom. The van der Waals surface area contributed by atoms with E-state index in [4.69, 9.17) is 17.3 Å². The average Bonchev–Trinajstić information content (AvgIpc) is 2.64. The lowest BCUT2D eigenvalue weighted by Gasteiger charge is -2.04. The summed E-state index contributed by atoms with van der Waals surface area (Å²) in [5.74, 6) is 0. The van der Waals surface area contributed by atoms with Crippen molar-refractivity contribution in [2.75, 3.05) is 6.54 Å². The number of benzene rings is 1. The van der Waals surface area contributed by atoms with Crippen molar-refractivity contribution in [2.45, 2.75) is 26.7 Å². The van der Waals surface area contributed by atoms with E-state index >= 15 is 0 Å². The second-order valence-corrected chi connectivity index (χ2v) is 4.85. The molecule has 3 nitrogen and oxygen atoms in total. The van der Waals surface area contributed by atoms with E-state index in [1.807, 2.05) is 19.1 Å². The molecule has 4 heteroatoms. The van der Waals surface area contributed by atoms with Crippen LogP contribution in [0, 0.1) is 13.8 Å². The molecule has 1 aromatic carbocycles. The van der Waals surface area contributed by atoms with Crippen LogP contribution in [0.4, 0.5) is 0 Å². The fourth-order valence-corrected chi connectivity index (χ4v) is 2.32. The van der Waals surface area contributed by atoms with Crippen molar-refractivity contribution < 1.29 is 0 Å². The molecule has 2 aromatic rings. The quantitative estimate of drug-likeness (QED) is 0.921. The third-order valence-corrected chi connectivity index (χ3v) is 3.42. The summed E-state index contributed by atoms with van der Waals surface area (Å²) in [6.07, 6.45) is 1.81. The Labute approximate surface area is 113 Å². The molecule has 0 radical (unpaired) electrons. The molecule has 0 unspecified atom stereocenters. The minimum Gasteiger partial charge on any atom is -0.330 e. The molecule has 1 aromatic heterocycles. The van der Waals surface area contributed by atoms with Crippen LogP contribution < -0.4 is 5.73 Å². The maximum atomic E-state index is 6.40. The number of halogens is 1. The SMILES string of the molecule is Cc1ccc(-n2nc(C)c(CCCN)c2Cl)cc1. The van der Waals surface area contributed by atoms with Crippen LogP contribution in [0.3, 0.4) is 0 Å². The van der Waals surface area contributed by atoms with Gasteiger partial charge < -0.3 is 5.73 Å². The van der Waals surface area contributed by atoms with Gasteiger partial charge in [0.05, 0.1) is 11.4 Å². The highest BCUT2D eigenvalue weighted by Crippen LogP contribution is 2.24. The maximum absolute atomic E-state index is 6.40. The molecule has 0 bridgehead atoms. The van der Waals surface area contributed by atoms with Gasteiger partial charge in [0.2, 0.25) is 0 Å². The highest BCUT2D eigenvalue weighted by Gasteiger charge is 2.13. The van der Waals surface area contributed by atoms with E-state index < -0.39 is 0 Å². The Kier molecular flexibility index (Phi) is 4.04. The standard InChI is InChI=1S/C14H18ClN3/c1-10-5-7-12(8-6-10)18-14(15)13(4-3-9-16)11(2)17-18/h5-8H,3-4,9,16H2,1-2H3. The predicted molar refractivity (Wildman–Crippen MR) is 75.4 cm³/mol. The maximum Gasteiger partial charge on any atom is 0.136 e. The summed E-state index contributed by atoms with van der Waals surface area (Å²) in [6.45, 7) is 4.72. The average molecular weight is 264 g/mol. The van der Waals surface area contributed by atoms with Crippen molar-refractivity contribution in [3.05, 3.63) is 46.2 Å². The molecule has 0 aliphatic carbocycles. The molecule has 0 saturated heterocycles. The number of rotatable bonds is 4. The molecule has 0 aliphatic rings. The van der Waals surface area contributed by atoms with Gasteiger partial charge in [0, 0.05) is 5.56 Å². The van der Waals surface area contributed by atoms with Crippen LogP contribution in [0.2, 0.25) is 5.15 Å². The summed E-state index contributed by atoms with van der Waals surface area (Å²) in [5.41, 5.74) is 9.84. The van der Waals surface area contributed by atoms with Gasteiger partial charge in [-0.3, -0.25) is 0 Å². The molecule has 2 rings (SSSR count). The Morgan fingerprint density at radius 2 is 1.89 bits per heavy atom. The largest absolute Gasteiger partial charge is 0.330 e. The summed E-state index contributed by atoms with van der Waals surface area (Å²) in [4.78, 5) is 0. The number of hydrogen-bond donors (Lipinski definition) is 1. The van der Waals surface area contributed by atoms with E-state index in [1.165, 1.54) is 5.56 Å². The number of aromatic nitrogens is 2. The molecule has 2 N–H and O–H groups in total. The topological polar surface area (TPSA) is 43.8 Å². The first kappa shape index (κ1) is 13.1. The molecule has 0 amide bonds. The Bertz CT molecular complexity index is 529. The number of aryl methyl sites for hydroxylation is 2. The Morgan fingerprint density at radius 3 is 2.50 bits per heavy atom. The normalized spacial score (nSPS) is 10.9. The lowest BCUT2D eigenvalue weighted by atomic mass is 10.1. The van der Waals surface area contributed by atoms with Gasteiger partial charge in [0.25, 0.3) is 0 Å². The first-order chi connectivity index (χ1) is 8.63. The van der Waals surface area contributed by atoms with Gasteiger partial charge in [0.15, 0.2) is 0 Å². The third kappa shape index (κ3) is 2.57. The highest BCUT2D eigenvalue weighted by atomic mass is 35.5. The van der Waals surface area contributed by atoms with Crippen LogP contribution in [0.5, 0.6) is 0 Å². The van der Waals surface area contributed by atoms with Gasteiger partial charge >= 0.3 is 0 Å². The molecule has 18 heavy (non-hydrogen) atoms. The number of hydrogen-bond acceptors (Lipinski definition) is 2. The minimum atomic E-state index is 0.672. The second kappa shape index (κ2) is 5.55. The molecule has 0 atom stereocenters. The molecule has 0 spiro atoms. The molecular formula is C14H18ClN3. The fourth-order valence-electron chi connectivity index (χ4n) is 1.95. The van der Waals surface area contributed by atoms with Crippen molar-refractivity contribution in [1.82, 2.24) is 9.78 Å². The van der Waals surface area contributed by atoms with Crippen molar-refractivity contribution >= 4 is 11.6 Å². The summed E-state index contributed by atoms with van der Waals surface area (Å²) >= 11 is 6.40. The van der Waals surface area contributed by atoms with E-state index in [1.54, 1.807) is 4.68 Å². The zero-order valence-corrected chi connectivity index (χ0v) is 11.5. The molecule has 96 valence electrons. The van der Waals surface area contributed by atoms with Gasteiger partial charge in [-0.25, -0.2) is 4.68 Å². The second-order valence-electron chi connectivity index (χ2n) is 4.49. The summed E-state index contributed by atoms with van der Waals surface area (Å²) in [6, 6.07) is 8.17. The Balaban J connectivity index is 2.37. The molecule has 0 fully saturated rings. The van der Waals surface area contributed by atoms with Crippen molar-refractivity contribution in [3.8, 4) is 5.69 Å². The van der Waals surface area contributed by atoms with Crippen LogP contribution in [0.1, 0.15) is 23.2 Å². The first-order valence-electron chi connectivity index (χ1n) is 6.14. The predicted octanol–water partition coefficient (Wildman–Crippen LogP) is 3.03. The first-order valence-corrected chi connectivity index (χ1v) is 6.52. The van der Waals surface area contributed by atoms with Crippen LogP contribution in [-0.4, -0.2) is 16.3 Å². The zero-order chi connectivity index (χ0) is 13.1. The van der Waals surface area contributed by atoms with Crippen LogP contribution in [-0.2, 0) is 6.42 Å². The smallest absolute Gasteiger partial charge is 0.136 e. The lowest BCUT2D eigenvalue weighted by molar-refractivity contribution is 0.828. The van der Waals surface area contributed by atoms with E-state index in [0.717, 1.165) is 29.8 Å². The molecule has 0 aliphatic heterocycles. The van der Waals surface area contributed by atoms with Gasteiger partial charge in [-0.1, -0.05) is 29.3 Å². The fraction of sp³-hybridized carbons (Fsp3) is 0.357. The summed E-state index contributed by atoms with van der Waals surface area (Å²) < 4.78 is 1.79. The van der Waals surface area contributed by atoms with Crippen LogP contribution in [0.15, 0.2) is 24.3 Å². The van der Waals surface area contributed by atoms with Crippen LogP contribution in [0.25, 0.3) is 5.69 Å². The van der Waals surface area contributed by atoms with Gasteiger partial charge in [0.1, 0.15) is 5.15 Å².